The van der Waals surface area contributed by atoms with Gasteiger partial charge in [-0.15, -0.1) is 12.4 Å². The molecule has 2 amide bonds. The Morgan fingerprint density at radius 2 is 1.96 bits per heavy atom. The van der Waals surface area contributed by atoms with E-state index in [-0.39, 0.29) is 30.5 Å². The highest BCUT2D eigenvalue weighted by Gasteiger charge is 2.47. The zero-order chi connectivity index (χ0) is 17.4. The molecule has 0 radical (unpaired) electrons. The average molecular weight is 386 g/mol. The lowest BCUT2D eigenvalue weighted by Crippen LogP contribution is -2.46. The predicted octanol–water partition coefficient (Wildman–Crippen LogP) is 2.67. The van der Waals surface area contributed by atoms with E-state index in [4.69, 9.17) is 17.3 Å². The number of benzene rings is 1. The van der Waals surface area contributed by atoms with Gasteiger partial charge in [-0.3, -0.25) is 9.59 Å². The summed E-state index contributed by atoms with van der Waals surface area (Å²) in [6.07, 6.45) is -3.50. The first-order chi connectivity index (χ1) is 10.5. The topological polar surface area (TPSA) is 75.4 Å². The van der Waals surface area contributed by atoms with Crippen LogP contribution < -0.4 is 11.1 Å². The number of anilines is 1. The SMILES string of the molecule is CN(CC(=O)Nc1ccc(Cl)c(C(F)(F)F)c1)C(=O)C1(N)CC1.Cl. The van der Waals surface area contributed by atoms with Crippen molar-refractivity contribution in [3.8, 4) is 0 Å². The number of carbonyl (C=O) groups is 2. The molecule has 1 aliphatic rings. The molecule has 0 aliphatic heterocycles. The second-order valence-corrected chi connectivity index (χ2v) is 5.97. The third kappa shape index (κ3) is 4.75. The number of nitrogens with two attached hydrogens (primary N) is 1. The van der Waals surface area contributed by atoms with Gasteiger partial charge in [0.1, 0.15) is 0 Å². The highest BCUT2D eigenvalue weighted by atomic mass is 35.5. The molecule has 0 aromatic heterocycles. The molecule has 5 nitrogen and oxygen atoms in total. The molecule has 0 atom stereocenters. The van der Waals surface area contributed by atoms with Crippen LogP contribution in [0.5, 0.6) is 0 Å². The van der Waals surface area contributed by atoms with Crippen molar-refractivity contribution in [3.05, 3.63) is 28.8 Å². The largest absolute Gasteiger partial charge is 0.417 e. The smallest absolute Gasteiger partial charge is 0.335 e. The zero-order valence-electron chi connectivity index (χ0n) is 12.6. The summed E-state index contributed by atoms with van der Waals surface area (Å²) in [6.45, 7) is -0.304. The number of hydrogen-bond donors (Lipinski definition) is 2. The van der Waals surface area contributed by atoms with E-state index in [9.17, 15) is 22.8 Å². The standard InChI is InChI=1S/C14H15ClF3N3O2.ClH/c1-21(12(23)13(19)4-5-13)7-11(22)20-8-2-3-10(15)9(6-8)14(16,17)18;/h2-3,6H,4-5,7,19H2,1H3,(H,20,22);1H. The van der Waals surface area contributed by atoms with Crippen molar-refractivity contribution >= 4 is 41.5 Å². The van der Waals surface area contributed by atoms with Crippen LogP contribution in [0, 0.1) is 0 Å². The summed E-state index contributed by atoms with van der Waals surface area (Å²) in [7, 11) is 1.41. The molecule has 1 aromatic carbocycles. The summed E-state index contributed by atoms with van der Waals surface area (Å²) in [5.41, 5.74) is 3.74. The molecular weight excluding hydrogens is 370 g/mol. The number of nitrogens with zero attached hydrogens (tertiary/aromatic N) is 1. The molecule has 10 heteroatoms. The maximum Gasteiger partial charge on any atom is 0.417 e. The van der Waals surface area contributed by atoms with Gasteiger partial charge < -0.3 is 16.0 Å². The van der Waals surface area contributed by atoms with E-state index >= 15 is 0 Å². The fraction of sp³-hybridized carbons (Fsp3) is 0.429. The van der Waals surface area contributed by atoms with Crippen molar-refractivity contribution in [2.45, 2.75) is 24.6 Å². The number of likely N-dealkylation sites (N-methyl/N-ethyl adjacent to an activating group) is 1. The van der Waals surface area contributed by atoms with Crippen LogP contribution in [0.3, 0.4) is 0 Å². The first-order valence-electron chi connectivity index (χ1n) is 6.74. The van der Waals surface area contributed by atoms with E-state index in [1.165, 1.54) is 13.1 Å². The number of amides is 2. The minimum Gasteiger partial charge on any atom is -0.335 e. The second kappa shape index (κ2) is 7.16. The van der Waals surface area contributed by atoms with E-state index < -0.39 is 28.2 Å². The molecule has 3 N–H and O–H groups in total. The third-order valence-corrected chi connectivity index (χ3v) is 3.83. The summed E-state index contributed by atoms with van der Waals surface area (Å²) < 4.78 is 38.3. The van der Waals surface area contributed by atoms with Crippen LogP contribution in [-0.2, 0) is 15.8 Å². The second-order valence-electron chi connectivity index (χ2n) is 5.56. The maximum absolute atomic E-state index is 12.8. The van der Waals surface area contributed by atoms with Gasteiger partial charge in [0.2, 0.25) is 11.8 Å². The summed E-state index contributed by atoms with van der Waals surface area (Å²) in [4.78, 5) is 24.9. The summed E-state index contributed by atoms with van der Waals surface area (Å²) >= 11 is 5.50. The monoisotopic (exact) mass is 385 g/mol. The molecule has 0 saturated heterocycles. The molecule has 24 heavy (non-hydrogen) atoms. The lowest BCUT2D eigenvalue weighted by atomic mass is 10.2. The van der Waals surface area contributed by atoms with Crippen molar-refractivity contribution in [1.82, 2.24) is 4.90 Å². The van der Waals surface area contributed by atoms with Gasteiger partial charge in [0, 0.05) is 12.7 Å². The Kier molecular flexibility index (Phi) is 6.13. The quantitative estimate of drug-likeness (QED) is 0.836. The Balaban J connectivity index is 0.00000288. The van der Waals surface area contributed by atoms with Crippen molar-refractivity contribution in [2.24, 2.45) is 5.73 Å². The normalized spacial score (nSPS) is 15.2. The van der Waals surface area contributed by atoms with Gasteiger partial charge >= 0.3 is 6.18 Å². The van der Waals surface area contributed by atoms with Gasteiger partial charge in [0.05, 0.1) is 22.7 Å². The first-order valence-corrected chi connectivity index (χ1v) is 7.12. The van der Waals surface area contributed by atoms with Gasteiger partial charge in [-0.25, -0.2) is 0 Å². The zero-order valence-corrected chi connectivity index (χ0v) is 14.2. The van der Waals surface area contributed by atoms with Crippen LogP contribution in [0.2, 0.25) is 5.02 Å². The van der Waals surface area contributed by atoms with Crippen LogP contribution in [0.4, 0.5) is 18.9 Å². The highest BCUT2D eigenvalue weighted by molar-refractivity contribution is 6.31. The van der Waals surface area contributed by atoms with Crippen LogP contribution in [-0.4, -0.2) is 35.8 Å². The number of carbonyl (C=O) groups excluding carboxylic acids is 2. The van der Waals surface area contributed by atoms with E-state index in [0.717, 1.165) is 17.0 Å². The van der Waals surface area contributed by atoms with Crippen molar-refractivity contribution in [3.63, 3.8) is 0 Å². The number of nitrogens with one attached hydrogen (secondary N) is 1. The Labute approximate surface area is 147 Å². The number of hydrogen-bond acceptors (Lipinski definition) is 3. The molecule has 1 fully saturated rings. The minimum absolute atomic E-state index is 0. The van der Waals surface area contributed by atoms with Crippen molar-refractivity contribution in [1.29, 1.82) is 0 Å². The van der Waals surface area contributed by atoms with E-state index in [0.29, 0.717) is 12.8 Å². The summed E-state index contributed by atoms with van der Waals surface area (Å²) in [6, 6.07) is 3.05. The van der Waals surface area contributed by atoms with Gasteiger partial charge in [-0.05, 0) is 31.0 Å². The molecule has 0 spiro atoms. The number of rotatable bonds is 4. The molecule has 0 bridgehead atoms. The predicted molar refractivity (Wildman–Crippen MR) is 86.1 cm³/mol. The van der Waals surface area contributed by atoms with Crippen molar-refractivity contribution in [2.75, 3.05) is 18.9 Å². The Bertz CT molecular complexity index is 649. The molecule has 134 valence electrons. The highest BCUT2D eigenvalue weighted by Crippen LogP contribution is 2.36. The molecule has 0 heterocycles. The fourth-order valence-corrected chi connectivity index (χ4v) is 2.26. The summed E-state index contributed by atoms with van der Waals surface area (Å²) in [5, 5.41) is 1.85. The molecule has 1 aliphatic carbocycles. The molecular formula is C14H16Cl2F3N3O2. The first kappa shape index (κ1) is 20.5. The van der Waals surface area contributed by atoms with E-state index in [1.54, 1.807) is 0 Å². The van der Waals surface area contributed by atoms with E-state index in [1.807, 2.05) is 0 Å². The average Bonchev–Trinajstić information content (AvgIpc) is 3.18. The van der Waals surface area contributed by atoms with Crippen LogP contribution in [0.15, 0.2) is 18.2 Å². The Morgan fingerprint density at radius 1 is 1.38 bits per heavy atom. The van der Waals surface area contributed by atoms with Crippen LogP contribution in [0.25, 0.3) is 0 Å². The summed E-state index contributed by atoms with van der Waals surface area (Å²) in [5.74, 6) is -0.986. The van der Waals surface area contributed by atoms with Gasteiger partial charge in [0.25, 0.3) is 0 Å². The maximum atomic E-state index is 12.8. The van der Waals surface area contributed by atoms with Gasteiger partial charge in [-0.2, -0.15) is 13.2 Å². The minimum atomic E-state index is -4.62. The molecule has 1 saturated carbocycles. The number of halogens is 5. The van der Waals surface area contributed by atoms with Gasteiger partial charge in [0.15, 0.2) is 0 Å². The molecule has 2 rings (SSSR count). The van der Waals surface area contributed by atoms with E-state index in [2.05, 4.69) is 5.32 Å². The van der Waals surface area contributed by atoms with Crippen molar-refractivity contribution < 1.29 is 22.8 Å². The van der Waals surface area contributed by atoms with Crippen LogP contribution in [0.1, 0.15) is 18.4 Å². The fourth-order valence-electron chi connectivity index (χ4n) is 2.04. The number of alkyl halides is 3. The van der Waals surface area contributed by atoms with Gasteiger partial charge in [-0.1, -0.05) is 11.6 Å². The lowest BCUT2D eigenvalue weighted by Gasteiger charge is -2.20. The Hall–Kier alpha value is -1.51. The van der Waals surface area contributed by atoms with Crippen LogP contribution >= 0.6 is 24.0 Å². The lowest BCUT2D eigenvalue weighted by molar-refractivity contribution is -0.137. The molecule has 1 aromatic rings. The molecule has 0 unspecified atom stereocenters. The Morgan fingerprint density at radius 3 is 2.46 bits per heavy atom. The third-order valence-electron chi connectivity index (χ3n) is 3.50.